The van der Waals surface area contributed by atoms with Crippen LogP contribution in [0, 0.1) is 0 Å². The first-order valence-corrected chi connectivity index (χ1v) is 5.00. The van der Waals surface area contributed by atoms with Crippen molar-refractivity contribution in [3.05, 3.63) is 0 Å². The van der Waals surface area contributed by atoms with Crippen molar-refractivity contribution in [1.82, 2.24) is 5.32 Å². The lowest BCUT2D eigenvalue weighted by Gasteiger charge is -2.26. The van der Waals surface area contributed by atoms with E-state index in [1.165, 1.54) is 0 Å². The number of carbonyl (C=O) groups excluding carboxylic acids is 2. The summed E-state index contributed by atoms with van der Waals surface area (Å²) in [6.07, 6.45) is 1.06. The van der Waals surface area contributed by atoms with E-state index < -0.39 is 0 Å². The number of nitrogens with one attached hydrogen (secondary N) is 1. The Balaban J connectivity index is 4.17. The summed E-state index contributed by atoms with van der Waals surface area (Å²) in [6, 6.07) is -0.195. The summed E-state index contributed by atoms with van der Waals surface area (Å²) in [7, 11) is 0. The zero-order chi connectivity index (χ0) is 11.4. The van der Waals surface area contributed by atoms with Gasteiger partial charge in [-0.3, -0.25) is 4.79 Å². The van der Waals surface area contributed by atoms with Gasteiger partial charge >= 0.3 is 0 Å². The van der Waals surface area contributed by atoms with Gasteiger partial charge in [0.2, 0.25) is 0 Å². The molecular weight excluding hydrogens is 178 g/mol. The van der Waals surface area contributed by atoms with Crippen molar-refractivity contribution in [2.75, 3.05) is 0 Å². The van der Waals surface area contributed by atoms with E-state index in [1.54, 1.807) is 13.8 Å². The van der Waals surface area contributed by atoms with Gasteiger partial charge in [0.25, 0.3) is 0 Å². The van der Waals surface area contributed by atoms with Crippen molar-refractivity contribution in [1.29, 1.82) is 0 Å². The second-order valence-electron chi connectivity index (χ2n) is 4.80. The Bertz CT molecular complexity index is 216. The highest BCUT2D eigenvalue weighted by molar-refractivity contribution is 5.82. The van der Waals surface area contributed by atoms with Gasteiger partial charge < -0.3 is 10.1 Å². The van der Waals surface area contributed by atoms with Crippen LogP contribution in [-0.4, -0.2) is 23.1 Å². The molecule has 0 amide bonds. The van der Waals surface area contributed by atoms with E-state index in [-0.39, 0.29) is 23.1 Å². The molecule has 0 fully saturated rings. The third-order valence-corrected chi connectivity index (χ3v) is 1.88. The SMILES string of the molecule is CC(=O)CCC(NC(C)(C)C)C(C)=O. The Labute approximate surface area is 86.3 Å². The maximum atomic E-state index is 11.3. The monoisotopic (exact) mass is 199 g/mol. The maximum Gasteiger partial charge on any atom is 0.146 e. The highest BCUT2D eigenvalue weighted by Crippen LogP contribution is 2.07. The molecule has 0 saturated heterocycles. The summed E-state index contributed by atoms with van der Waals surface area (Å²) in [4.78, 5) is 22.1. The maximum absolute atomic E-state index is 11.3. The Hall–Kier alpha value is -0.700. The molecule has 0 aromatic carbocycles. The first kappa shape index (κ1) is 13.3. The summed E-state index contributed by atoms with van der Waals surface area (Å²) in [6.45, 7) is 9.14. The van der Waals surface area contributed by atoms with Crippen LogP contribution in [0.4, 0.5) is 0 Å². The van der Waals surface area contributed by atoms with Gasteiger partial charge in [-0.1, -0.05) is 0 Å². The van der Waals surface area contributed by atoms with Crippen molar-refractivity contribution >= 4 is 11.6 Å². The smallest absolute Gasteiger partial charge is 0.146 e. The molecule has 0 spiro atoms. The van der Waals surface area contributed by atoms with E-state index in [9.17, 15) is 9.59 Å². The van der Waals surface area contributed by atoms with Crippen LogP contribution in [0.15, 0.2) is 0 Å². The predicted molar refractivity (Wildman–Crippen MR) is 57.3 cm³/mol. The third-order valence-electron chi connectivity index (χ3n) is 1.88. The predicted octanol–water partition coefficient (Wildman–Crippen LogP) is 1.70. The van der Waals surface area contributed by atoms with Crippen LogP contribution in [0.3, 0.4) is 0 Å². The van der Waals surface area contributed by atoms with Crippen molar-refractivity contribution in [3.8, 4) is 0 Å². The van der Waals surface area contributed by atoms with Crippen molar-refractivity contribution in [3.63, 3.8) is 0 Å². The molecule has 0 aliphatic carbocycles. The Kier molecular flexibility index (Phi) is 4.99. The molecule has 1 atom stereocenters. The lowest BCUT2D eigenvalue weighted by molar-refractivity contribution is -0.120. The molecule has 3 nitrogen and oxygen atoms in total. The quantitative estimate of drug-likeness (QED) is 0.733. The number of hydrogen-bond acceptors (Lipinski definition) is 3. The lowest BCUT2D eigenvalue weighted by Crippen LogP contribution is -2.47. The Morgan fingerprint density at radius 1 is 1.21 bits per heavy atom. The minimum atomic E-state index is -0.195. The molecule has 0 radical (unpaired) electrons. The summed E-state index contributed by atoms with van der Waals surface area (Å²) in [5.74, 6) is 0.230. The molecule has 0 aliphatic heterocycles. The molecule has 1 unspecified atom stereocenters. The molecule has 0 saturated carbocycles. The highest BCUT2D eigenvalue weighted by atomic mass is 16.1. The molecule has 0 rings (SSSR count). The normalized spacial score (nSPS) is 13.8. The molecule has 0 aromatic rings. The third kappa shape index (κ3) is 6.78. The lowest BCUT2D eigenvalue weighted by atomic mass is 10.0. The molecule has 3 heteroatoms. The average Bonchev–Trinajstić information content (AvgIpc) is 1.94. The molecule has 0 aromatic heterocycles. The fourth-order valence-corrected chi connectivity index (χ4v) is 1.25. The van der Waals surface area contributed by atoms with Crippen LogP contribution < -0.4 is 5.32 Å². The van der Waals surface area contributed by atoms with Crippen molar-refractivity contribution < 1.29 is 9.59 Å². The van der Waals surface area contributed by atoms with Crippen molar-refractivity contribution in [2.45, 2.75) is 59.0 Å². The molecular formula is C11H21NO2. The summed E-state index contributed by atoms with van der Waals surface area (Å²) in [5, 5.41) is 3.21. The zero-order valence-electron chi connectivity index (χ0n) is 9.81. The van der Waals surface area contributed by atoms with Gasteiger partial charge in [0.1, 0.15) is 11.6 Å². The number of hydrogen-bond donors (Lipinski definition) is 1. The van der Waals surface area contributed by atoms with E-state index in [2.05, 4.69) is 5.32 Å². The minimum Gasteiger partial charge on any atom is -0.303 e. The van der Waals surface area contributed by atoms with Crippen LogP contribution in [-0.2, 0) is 9.59 Å². The Morgan fingerprint density at radius 3 is 2.00 bits per heavy atom. The van der Waals surface area contributed by atoms with Crippen LogP contribution in [0.2, 0.25) is 0 Å². The fraction of sp³-hybridized carbons (Fsp3) is 0.818. The zero-order valence-corrected chi connectivity index (χ0v) is 9.81. The van der Waals surface area contributed by atoms with E-state index in [0.29, 0.717) is 12.8 Å². The standard InChI is InChI=1S/C11H21NO2/c1-8(13)6-7-10(9(2)14)12-11(3,4)5/h10,12H,6-7H2,1-5H3. The number of carbonyl (C=O) groups is 2. The molecule has 0 aliphatic rings. The summed E-state index contributed by atoms with van der Waals surface area (Å²) >= 11 is 0. The Morgan fingerprint density at radius 2 is 1.71 bits per heavy atom. The van der Waals surface area contributed by atoms with E-state index in [1.807, 2.05) is 20.8 Å². The van der Waals surface area contributed by atoms with Gasteiger partial charge in [0.05, 0.1) is 6.04 Å². The minimum absolute atomic E-state index is 0.0902. The van der Waals surface area contributed by atoms with Gasteiger partial charge in [-0.25, -0.2) is 0 Å². The fourth-order valence-electron chi connectivity index (χ4n) is 1.25. The molecule has 0 bridgehead atoms. The first-order valence-electron chi connectivity index (χ1n) is 5.00. The van der Waals surface area contributed by atoms with E-state index >= 15 is 0 Å². The largest absolute Gasteiger partial charge is 0.303 e. The van der Waals surface area contributed by atoms with Crippen LogP contribution >= 0.6 is 0 Å². The van der Waals surface area contributed by atoms with Gasteiger partial charge in [0.15, 0.2) is 0 Å². The summed E-state index contributed by atoms with van der Waals surface area (Å²) < 4.78 is 0. The van der Waals surface area contributed by atoms with Gasteiger partial charge in [-0.05, 0) is 41.0 Å². The van der Waals surface area contributed by atoms with Crippen LogP contribution in [0.5, 0.6) is 0 Å². The number of rotatable bonds is 5. The second-order valence-corrected chi connectivity index (χ2v) is 4.80. The molecule has 1 N–H and O–H groups in total. The second kappa shape index (κ2) is 5.25. The topological polar surface area (TPSA) is 46.2 Å². The highest BCUT2D eigenvalue weighted by Gasteiger charge is 2.20. The van der Waals surface area contributed by atoms with E-state index in [4.69, 9.17) is 0 Å². The number of Topliss-reactive ketones (excluding diaryl/α,β-unsaturated/α-hetero) is 2. The van der Waals surface area contributed by atoms with Crippen LogP contribution in [0.25, 0.3) is 0 Å². The van der Waals surface area contributed by atoms with Gasteiger partial charge in [0, 0.05) is 12.0 Å². The molecule has 14 heavy (non-hydrogen) atoms. The molecule has 82 valence electrons. The first-order chi connectivity index (χ1) is 6.22. The van der Waals surface area contributed by atoms with Gasteiger partial charge in [-0.15, -0.1) is 0 Å². The number of ketones is 2. The van der Waals surface area contributed by atoms with Gasteiger partial charge in [-0.2, -0.15) is 0 Å². The van der Waals surface area contributed by atoms with Crippen LogP contribution in [0.1, 0.15) is 47.5 Å². The van der Waals surface area contributed by atoms with E-state index in [0.717, 1.165) is 0 Å². The summed E-state index contributed by atoms with van der Waals surface area (Å²) in [5.41, 5.74) is -0.0902. The molecule has 0 heterocycles. The van der Waals surface area contributed by atoms with Crippen molar-refractivity contribution in [2.24, 2.45) is 0 Å². The average molecular weight is 199 g/mol.